The molecule has 0 aliphatic carbocycles. The molecule has 3 nitrogen and oxygen atoms in total. The molecule has 0 aliphatic heterocycles. The number of aliphatic hydroxyl groups is 2. The molecular formula is C12H20O3. The lowest BCUT2D eigenvalue weighted by atomic mass is 10.1. The number of hydrogen-bond donors (Lipinski definition) is 2. The molecule has 0 unspecified atom stereocenters. The van der Waals surface area contributed by atoms with Crippen molar-refractivity contribution in [3.63, 3.8) is 0 Å². The van der Waals surface area contributed by atoms with Crippen molar-refractivity contribution in [2.45, 2.75) is 44.6 Å². The molecule has 1 rings (SSSR count). The molecule has 0 saturated heterocycles. The van der Waals surface area contributed by atoms with E-state index in [1.165, 1.54) is 0 Å². The molecule has 1 aromatic heterocycles. The molecule has 0 radical (unpaired) electrons. The average Bonchev–Trinajstić information content (AvgIpc) is 2.76. The number of unbranched alkanes of at least 4 members (excludes halogenated alkanes) is 4. The van der Waals surface area contributed by atoms with E-state index in [4.69, 9.17) is 9.52 Å². The van der Waals surface area contributed by atoms with Crippen LogP contribution in [0.1, 0.15) is 50.4 Å². The normalized spacial score (nSPS) is 12.9. The van der Waals surface area contributed by atoms with Crippen molar-refractivity contribution in [2.24, 2.45) is 0 Å². The van der Waals surface area contributed by atoms with E-state index in [0.29, 0.717) is 5.76 Å². The number of rotatable bonds is 8. The molecule has 1 aromatic rings. The van der Waals surface area contributed by atoms with Crippen molar-refractivity contribution >= 4 is 0 Å². The maximum absolute atomic E-state index is 9.68. The van der Waals surface area contributed by atoms with E-state index >= 15 is 0 Å². The molecule has 0 bridgehead atoms. The predicted molar refractivity (Wildman–Crippen MR) is 58.5 cm³/mol. The Hall–Kier alpha value is -0.800. The minimum absolute atomic E-state index is 0.287. The van der Waals surface area contributed by atoms with Gasteiger partial charge in [0.2, 0.25) is 0 Å². The fourth-order valence-electron chi connectivity index (χ4n) is 1.60. The summed E-state index contributed by atoms with van der Waals surface area (Å²) >= 11 is 0. The summed E-state index contributed by atoms with van der Waals surface area (Å²) < 4.78 is 5.11. The largest absolute Gasteiger partial charge is 0.467 e. The van der Waals surface area contributed by atoms with Crippen LogP contribution in [0.25, 0.3) is 0 Å². The highest BCUT2D eigenvalue weighted by Gasteiger charge is 2.08. The molecule has 0 fully saturated rings. The van der Waals surface area contributed by atoms with Gasteiger partial charge in [-0.1, -0.05) is 25.7 Å². The third-order valence-electron chi connectivity index (χ3n) is 2.51. The lowest BCUT2D eigenvalue weighted by molar-refractivity contribution is 0.136. The maximum Gasteiger partial charge on any atom is 0.132 e. The van der Waals surface area contributed by atoms with Crippen LogP contribution in [-0.2, 0) is 0 Å². The molecular weight excluding hydrogens is 192 g/mol. The molecule has 0 amide bonds. The van der Waals surface area contributed by atoms with Crippen LogP contribution in [-0.4, -0.2) is 16.8 Å². The van der Waals surface area contributed by atoms with E-state index in [1.807, 2.05) is 0 Å². The second kappa shape index (κ2) is 7.49. The SMILES string of the molecule is OCCCCCCC[C@@H](O)c1ccco1. The summed E-state index contributed by atoms with van der Waals surface area (Å²) in [5.41, 5.74) is 0. The fraction of sp³-hybridized carbons (Fsp3) is 0.667. The number of hydrogen-bond acceptors (Lipinski definition) is 3. The Morgan fingerprint density at radius 3 is 2.53 bits per heavy atom. The molecule has 3 heteroatoms. The Morgan fingerprint density at radius 2 is 1.87 bits per heavy atom. The highest BCUT2D eigenvalue weighted by Crippen LogP contribution is 2.20. The molecule has 0 aliphatic rings. The second-order valence-electron chi connectivity index (χ2n) is 3.81. The van der Waals surface area contributed by atoms with Gasteiger partial charge in [-0.25, -0.2) is 0 Å². The van der Waals surface area contributed by atoms with E-state index in [9.17, 15) is 5.11 Å². The zero-order valence-corrected chi connectivity index (χ0v) is 9.06. The smallest absolute Gasteiger partial charge is 0.132 e. The highest BCUT2D eigenvalue weighted by atomic mass is 16.4. The van der Waals surface area contributed by atoms with Crippen LogP contribution in [0.4, 0.5) is 0 Å². The van der Waals surface area contributed by atoms with Crippen molar-refractivity contribution in [1.82, 2.24) is 0 Å². The molecule has 1 atom stereocenters. The van der Waals surface area contributed by atoms with Crippen LogP contribution in [0.3, 0.4) is 0 Å². The summed E-state index contributed by atoms with van der Waals surface area (Å²) in [5.74, 6) is 0.658. The Bertz CT molecular complexity index is 231. The quantitative estimate of drug-likeness (QED) is 0.651. The van der Waals surface area contributed by atoms with Crippen LogP contribution >= 0.6 is 0 Å². The molecule has 15 heavy (non-hydrogen) atoms. The second-order valence-corrected chi connectivity index (χ2v) is 3.81. The van der Waals surface area contributed by atoms with Gasteiger partial charge < -0.3 is 14.6 Å². The first-order valence-electron chi connectivity index (χ1n) is 5.67. The molecule has 2 N–H and O–H groups in total. The molecule has 1 heterocycles. The van der Waals surface area contributed by atoms with Gasteiger partial charge in [0.1, 0.15) is 11.9 Å². The third kappa shape index (κ3) is 5.00. The van der Waals surface area contributed by atoms with Gasteiger partial charge in [0, 0.05) is 6.61 Å². The Balaban J connectivity index is 2.00. The zero-order valence-electron chi connectivity index (χ0n) is 9.06. The Kier molecular flexibility index (Phi) is 6.12. The number of aliphatic hydroxyl groups excluding tert-OH is 2. The standard InChI is InChI=1S/C12H20O3/c13-9-5-3-1-2-4-7-11(14)12-8-6-10-15-12/h6,8,10-11,13-14H,1-5,7,9H2/t11-/m1/s1. The van der Waals surface area contributed by atoms with E-state index < -0.39 is 6.10 Å². The van der Waals surface area contributed by atoms with Crippen LogP contribution in [0.2, 0.25) is 0 Å². The van der Waals surface area contributed by atoms with Crippen molar-refractivity contribution in [3.05, 3.63) is 24.2 Å². The van der Waals surface area contributed by atoms with Gasteiger partial charge in [-0.3, -0.25) is 0 Å². The number of furan rings is 1. The molecule has 0 saturated carbocycles. The van der Waals surface area contributed by atoms with Gasteiger partial charge in [-0.05, 0) is 25.0 Å². The van der Waals surface area contributed by atoms with E-state index in [-0.39, 0.29) is 6.61 Å². The van der Waals surface area contributed by atoms with Crippen molar-refractivity contribution in [1.29, 1.82) is 0 Å². The molecule has 86 valence electrons. The molecule has 0 spiro atoms. The van der Waals surface area contributed by atoms with Crippen molar-refractivity contribution in [2.75, 3.05) is 6.61 Å². The van der Waals surface area contributed by atoms with Gasteiger partial charge in [-0.15, -0.1) is 0 Å². The van der Waals surface area contributed by atoms with Gasteiger partial charge in [0.25, 0.3) is 0 Å². The summed E-state index contributed by atoms with van der Waals surface area (Å²) in [6.07, 6.45) is 7.09. The summed E-state index contributed by atoms with van der Waals surface area (Å²) in [7, 11) is 0. The minimum Gasteiger partial charge on any atom is -0.467 e. The maximum atomic E-state index is 9.68. The Labute approximate surface area is 90.7 Å². The predicted octanol–water partition coefficient (Wildman–Crippen LogP) is 2.65. The van der Waals surface area contributed by atoms with Crippen molar-refractivity contribution < 1.29 is 14.6 Å². The van der Waals surface area contributed by atoms with Crippen LogP contribution in [0.15, 0.2) is 22.8 Å². The van der Waals surface area contributed by atoms with Gasteiger partial charge in [-0.2, -0.15) is 0 Å². The van der Waals surface area contributed by atoms with Crippen LogP contribution < -0.4 is 0 Å². The van der Waals surface area contributed by atoms with E-state index in [1.54, 1.807) is 18.4 Å². The summed E-state index contributed by atoms with van der Waals surface area (Å²) in [5, 5.41) is 18.3. The average molecular weight is 212 g/mol. The summed E-state index contributed by atoms with van der Waals surface area (Å²) in [6, 6.07) is 3.59. The highest BCUT2D eigenvalue weighted by molar-refractivity contribution is 5.01. The van der Waals surface area contributed by atoms with E-state index in [0.717, 1.165) is 38.5 Å². The van der Waals surface area contributed by atoms with E-state index in [2.05, 4.69) is 0 Å². The topological polar surface area (TPSA) is 53.6 Å². The molecule has 0 aromatic carbocycles. The van der Waals surface area contributed by atoms with Crippen molar-refractivity contribution in [3.8, 4) is 0 Å². The van der Waals surface area contributed by atoms with Crippen LogP contribution in [0, 0.1) is 0 Å². The summed E-state index contributed by atoms with van der Waals surface area (Å²) in [4.78, 5) is 0. The first kappa shape index (κ1) is 12.3. The van der Waals surface area contributed by atoms with Gasteiger partial charge >= 0.3 is 0 Å². The minimum atomic E-state index is -0.460. The fourth-order valence-corrected chi connectivity index (χ4v) is 1.60. The first-order valence-corrected chi connectivity index (χ1v) is 5.67. The monoisotopic (exact) mass is 212 g/mol. The van der Waals surface area contributed by atoms with Gasteiger partial charge in [0.15, 0.2) is 0 Å². The Morgan fingerprint density at radius 1 is 1.13 bits per heavy atom. The van der Waals surface area contributed by atoms with Crippen LogP contribution in [0.5, 0.6) is 0 Å². The first-order chi connectivity index (χ1) is 7.34. The third-order valence-corrected chi connectivity index (χ3v) is 2.51. The lowest BCUT2D eigenvalue weighted by Crippen LogP contribution is -1.95. The summed E-state index contributed by atoms with van der Waals surface area (Å²) in [6.45, 7) is 0.287. The lowest BCUT2D eigenvalue weighted by Gasteiger charge is -2.06. The zero-order chi connectivity index (χ0) is 10.9. The van der Waals surface area contributed by atoms with Gasteiger partial charge in [0.05, 0.1) is 6.26 Å².